The van der Waals surface area contributed by atoms with Crippen LogP contribution >= 0.6 is 11.6 Å². The van der Waals surface area contributed by atoms with E-state index in [0.29, 0.717) is 0 Å². The Kier molecular flexibility index (Phi) is 5.34. The van der Waals surface area contributed by atoms with E-state index in [2.05, 4.69) is 153 Å². The first-order chi connectivity index (χ1) is 24.1. The smallest absolute Gasteiger partial charge is 0.252 e. The summed E-state index contributed by atoms with van der Waals surface area (Å²) in [5.41, 5.74) is 18.2. The lowest BCUT2D eigenvalue weighted by Crippen LogP contribution is -2.60. The summed E-state index contributed by atoms with van der Waals surface area (Å²) in [7, 11) is 0. The molecule has 3 aliphatic rings. The normalized spacial score (nSPS) is 15.1. The van der Waals surface area contributed by atoms with Gasteiger partial charge >= 0.3 is 0 Å². The second-order valence-corrected chi connectivity index (χ2v) is 16.3. The number of anilines is 3. The van der Waals surface area contributed by atoms with Crippen molar-refractivity contribution in [1.82, 2.24) is 4.57 Å². The number of aromatic nitrogens is 1. The fourth-order valence-corrected chi connectivity index (χ4v) is 9.75. The highest BCUT2D eigenvalue weighted by Gasteiger charge is 2.47. The summed E-state index contributed by atoms with van der Waals surface area (Å²) in [6.07, 6.45) is 0. The Balaban J connectivity index is 1.34. The van der Waals surface area contributed by atoms with Gasteiger partial charge in [-0.25, -0.2) is 0 Å². The molecule has 0 N–H and O–H groups in total. The minimum Gasteiger partial charge on any atom is -0.456 e. The summed E-state index contributed by atoms with van der Waals surface area (Å²) >= 11 is 6.93. The van der Waals surface area contributed by atoms with Crippen LogP contribution in [0.25, 0.3) is 49.8 Å². The van der Waals surface area contributed by atoms with E-state index in [1.54, 1.807) is 0 Å². The Hall–Kier alpha value is -5.19. The zero-order chi connectivity index (χ0) is 33.8. The quantitative estimate of drug-likeness (QED) is 0.163. The predicted octanol–water partition coefficient (Wildman–Crippen LogP) is 10.4. The lowest BCUT2D eigenvalue weighted by Gasteiger charge is -2.41. The summed E-state index contributed by atoms with van der Waals surface area (Å²) in [4.78, 5) is 2.48. The molecule has 0 amide bonds. The molecule has 0 fully saturated rings. The molecule has 2 aliphatic heterocycles. The van der Waals surface area contributed by atoms with Crippen LogP contribution in [0.2, 0.25) is 5.02 Å². The van der Waals surface area contributed by atoms with Crippen molar-refractivity contribution in [2.24, 2.45) is 0 Å². The predicted molar refractivity (Wildman–Crippen MR) is 211 cm³/mol. The van der Waals surface area contributed by atoms with Crippen LogP contribution in [0.1, 0.15) is 51.3 Å². The topological polar surface area (TPSA) is 21.3 Å². The van der Waals surface area contributed by atoms with Crippen LogP contribution in [0.4, 0.5) is 17.1 Å². The van der Waals surface area contributed by atoms with Crippen LogP contribution in [0.15, 0.2) is 120 Å². The van der Waals surface area contributed by atoms with Gasteiger partial charge in [-0.3, -0.25) is 0 Å². The molecular weight excluding hydrogens is 631 g/mol. The maximum absolute atomic E-state index is 6.93. The average molecular weight is 665 g/mol. The summed E-state index contributed by atoms with van der Waals surface area (Å²) in [6, 6.07) is 42.3. The number of halogens is 1. The van der Waals surface area contributed by atoms with Gasteiger partial charge < -0.3 is 13.9 Å². The Morgan fingerprint density at radius 1 is 0.680 bits per heavy atom. The third-order valence-electron chi connectivity index (χ3n) is 11.8. The highest BCUT2D eigenvalue weighted by molar-refractivity contribution is 7.00. The summed E-state index contributed by atoms with van der Waals surface area (Å²) < 4.78 is 9.09. The molecule has 0 unspecified atom stereocenters. The standard InChI is InChI=1S/C45H34BClN2O/c1-44(2,3)25-22-35-41-36(23-25)49-42-29(40-43(49)27-12-6-8-15-30(27)45(40,4)5)14-10-16-32(42)46(41)31-21-20-26(47)24-34(31)48(35)33-17-11-19-38-39(33)28-13-7-9-18-37(28)50-38/h6-24H,1-5H3. The Labute approximate surface area is 296 Å². The Morgan fingerprint density at radius 3 is 2.28 bits per heavy atom. The van der Waals surface area contributed by atoms with Gasteiger partial charge in [0.05, 0.1) is 16.8 Å². The molecule has 4 heterocycles. The van der Waals surface area contributed by atoms with E-state index < -0.39 is 0 Å². The fourth-order valence-electron chi connectivity index (χ4n) is 9.58. The number of hydrogen-bond acceptors (Lipinski definition) is 2. The third kappa shape index (κ3) is 3.43. The molecule has 0 spiro atoms. The van der Waals surface area contributed by atoms with Crippen LogP contribution in [-0.2, 0) is 10.8 Å². The lowest BCUT2D eigenvalue weighted by atomic mass is 9.33. The van der Waals surface area contributed by atoms with Crippen molar-refractivity contribution in [3.63, 3.8) is 0 Å². The van der Waals surface area contributed by atoms with Crippen molar-refractivity contribution in [3.05, 3.63) is 137 Å². The van der Waals surface area contributed by atoms with Crippen molar-refractivity contribution in [1.29, 1.82) is 0 Å². The molecule has 11 rings (SSSR count). The van der Waals surface area contributed by atoms with Gasteiger partial charge in [0.1, 0.15) is 11.2 Å². The number of para-hydroxylation sites is 2. The summed E-state index contributed by atoms with van der Waals surface area (Å²) in [5.74, 6) is 0. The molecule has 0 saturated carbocycles. The van der Waals surface area contributed by atoms with Crippen LogP contribution in [0, 0.1) is 0 Å². The number of hydrogen-bond donors (Lipinski definition) is 0. The lowest BCUT2D eigenvalue weighted by molar-refractivity contribution is 0.590. The molecule has 0 bridgehead atoms. The van der Waals surface area contributed by atoms with Crippen LogP contribution in [-0.4, -0.2) is 11.3 Å². The fraction of sp³-hybridized carbons (Fsp3) is 0.156. The first-order valence-electron chi connectivity index (χ1n) is 17.6. The first-order valence-corrected chi connectivity index (χ1v) is 18.0. The van der Waals surface area contributed by atoms with Gasteiger partial charge in [0.15, 0.2) is 0 Å². The largest absolute Gasteiger partial charge is 0.456 e. The van der Waals surface area contributed by atoms with E-state index in [-0.39, 0.29) is 17.5 Å². The van der Waals surface area contributed by atoms with Gasteiger partial charge in [-0.2, -0.15) is 0 Å². The second kappa shape index (κ2) is 9.32. The monoisotopic (exact) mass is 664 g/mol. The van der Waals surface area contributed by atoms with Crippen molar-refractivity contribution in [2.45, 2.75) is 45.4 Å². The van der Waals surface area contributed by atoms with Gasteiger partial charge in [-0.1, -0.05) is 119 Å². The number of furan rings is 1. The van der Waals surface area contributed by atoms with Crippen LogP contribution < -0.4 is 21.3 Å². The van der Waals surface area contributed by atoms with E-state index in [1.165, 1.54) is 66.6 Å². The minimum absolute atomic E-state index is 0.0439. The van der Waals surface area contributed by atoms with Crippen molar-refractivity contribution in [2.75, 3.05) is 4.90 Å². The maximum Gasteiger partial charge on any atom is 0.252 e. The number of nitrogens with zero attached hydrogens (tertiary/aromatic N) is 2. The highest BCUT2D eigenvalue weighted by atomic mass is 35.5. The van der Waals surface area contributed by atoms with E-state index in [1.807, 2.05) is 6.07 Å². The summed E-state index contributed by atoms with van der Waals surface area (Å²) in [5, 5.41) is 4.29. The minimum atomic E-state index is -0.131. The molecule has 0 atom stereocenters. The molecule has 240 valence electrons. The third-order valence-corrected chi connectivity index (χ3v) is 12.0. The molecular formula is C45H34BClN2O. The van der Waals surface area contributed by atoms with Gasteiger partial charge in [0.2, 0.25) is 0 Å². The van der Waals surface area contributed by atoms with Gasteiger partial charge in [-0.05, 0) is 81.0 Å². The average Bonchev–Trinajstić information content (AvgIpc) is 3.73. The molecule has 5 heteroatoms. The van der Waals surface area contributed by atoms with E-state index in [4.69, 9.17) is 16.0 Å². The number of fused-ring (bicyclic) bond motifs is 12. The van der Waals surface area contributed by atoms with E-state index in [0.717, 1.165) is 38.3 Å². The number of benzene rings is 6. The van der Waals surface area contributed by atoms with Gasteiger partial charge in [-0.15, -0.1) is 0 Å². The highest BCUT2D eigenvalue weighted by Crippen LogP contribution is 2.55. The van der Waals surface area contributed by atoms with E-state index in [9.17, 15) is 0 Å². The van der Waals surface area contributed by atoms with Crippen LogP contribution in [0.5, 0.6) is 0 Å². The van der Waals surface area contributed by atoms with Crippen molar-refractivity contribution < 1.29 is 4.42 Å². The summed E-state index contributed by atoms with van der Waals surface area (Å²) in [6.45, 7) is 11.8. The zero-order valence-corrected chi connectivity index (χ0v) is 29.5. The second-order valence-electron chi connectivity index (χ2n) is 15.9. The molecule has 3 nitrogen and oxygen atoms in total. The molecule has 0 radical (unpaired) electrons. The Morgan fingerprint density at radius 2 is 1.42 bits per heavy atom. The molecule has 1 aliphatic carbocycles. The maximum atomic E-state index is 6.93. The zero-order valence-electron chi connectivity index (χ0n) is 28.7. The molecule has 6 aromatic carbocycles. The SMILES string of the molecule is CC(C)(C)c1cc2c3c(c1)-n1c4c(c5cccc(c51)B3c1ccc(Cl)cc1N2c1cccc2oc3ccccc3c12)C(C)(C)c1ccccc1-4. The number of rotatable bonds is 1. The Bertz CT molecular complexity index is 2810. The first kappa shape index (κ1) is 28.6. The van der Waals surface area contributed by atoms with E-state index >= 15 is 0 Å². The van der Waals surface area contributed by atoms with Gasteiger partial charge in [0.25, 0.3) is 6.71 Å². The molecule has 8 aromatic rings. The van der Waals surface area contributed by atoms with Gasteiger partial charge in [0, 0.05) is 49.4 Å². The molecule has 50 heavy (non-hydrogen) atoms. The molecule has 2 aromatic heterocycles. The van der Waals surface area contributed by atoms with Crippen molar-refractivity contribution in [3.8, 4) is 16.9 Å². The van der Waals surface area contributed by atoms with Crippen LogP contribution in [0.3, 0.4) is 0 Å². The molecule has 0 saturated heterocycles. The van der Waals surface area contributed by atoms with Crippen molar-refractivity contribution >= 4 is 84.6 Å².